The van der Waals surface area contributed by atoms with E-state index >= 15 is 0 Å². The molecule has 1 heterocycles. The number of carbonyl (C=O) groups excluding carboxylic acids is 2. The second-order valence-corrected chi connectivity index (χ2v) is 5.17. The van der Waals surface area contributed by atoms with Crippen LogP contribution < -0.4 is 5.32 Å². The van der Waals surface area contributed by atoms with Crippen LogP contribution in [0.3, 0.4) is 0 Å². The van der Waals surface area contributed by atoms with Gasteiger partial charge in [-0.3, -0.25) is 4.79 Å². The molecule has 1 amide bonds. The molecular weight excluding hydrogens is 327 g/mol. The number of rotatable bonds is 5. The van der Waals surface area contributed by atoms with Gasteiger partial charge in [-0.25, -0.2) is 9.78 Å². The number of amides is 1. The van der Waals surface area contributed by atoms with Gasteiger partial charge in [0, 0.05) is 17.8 Å². The van der Waals surface area contributed by atoms with Gasteiger partial charge in [0.2, 0.25) is 0 Å². The number of hydrogen-bond acceptors (Lipinski definition) is 4. The van der Waals surface area contributed by atoms with Crippen LogP contribution in [0.15, 0.2) is 42.6 Å². The molecular formula is C15H12Cl2N2O3. The van der Waals surface area contributed by atoms with Crippen molar-refractivity contribution in [2.45, 2.75) is 6.54 Å². The Balaban J connectivity index is 1.76. The molecule has 0 aliphatic rings. The molecule has 22 heavy (non-hydrogen) atoms. The maximum absolute atomic E-state index is 11.7. The third kappa shape index (κ3) is 5.02. The number of carbonyl (C=O) groups is 2. The van der Waals surface area contributed by atoms with Gasteiger partial charge in [-0.15, -0.1) is 0 Å². The average Bonchev–Trinajstić information content (AvgIpc) is 2.52. The summed E-state index contributed by atoms with van der Waals surface area (Å²) in [5, 5.41) is 3.54. The van der Waals surface area contributed by atoms with Gasteiger partial charge in [0.1, 0.15) is 5.15 Å². The van der Waals surface area contributed by atoms with Crippen molar-refractivity contribution in [2.75, 3.05) is 6.61 Å². The Morgan fingerprint density at radius 3 is 2.45 bits per heavy atom. The molecule has 0 radical (unpaired) electrons. The number of pyridine rings is 1. The highest BCUT2D eigenvalue weighted by atomic mass is 35.5. The fraction of sp³-hybridized carbons (Fsp3) is 0.133. The predicted octanol–water partition coefficient (Wildman–Crippen LogP) is 2.86. The number of esters is 1. The van der Waals surface area contributed by atoms with Crippen molar-refractivity contribution in [1.29, 1.82) is 0 Å². The lowest BCUT2D eigenvalue weighted by Crippen LogP contribution is -2.28. The molecule has 0 unspecified atom stereocenters. The van der Waals surface area contributed by atoms with Crippen molar-refractivity contribution < 1.29 is 14.3 Å². The summed E-state index contributed by atoms with van der Waals surface area (Å²) in [7, 11) is 0. The highest BCUT2D eigenvalue weighted by molar-refractivity contribution is 6.30. The minimum atomic E-state index is -0.634. The van der Waals surface area contributed by atoms with Gasteiger partial charge in [-0.05, 0) is 29.8 Å². The highest BCUT2D eigenvalue weighted by Crippen LogP contribution is 2.09. The molecule has 0 aliphatic heterocycles. The van der Waals surface area contributed by atoms with Crippen LogP contribution in [0.2, 0.25) is 10.2 Å². The number of halogens is 2. The van der Waals surface area contributed by atoms with Gasteiger partial charge in [-0.2, -0.15) is 0 Å². The number of aromatic nitrogens is 1. The molecule has 0 bridgehead atoms. The van der Waals surface area contributed by atoms with Crippen LogP contribution in [-0.4, -0.2) is 23.5 Å². The summed E-state index contributed by atoms with van der Waals surface area (Å²) < 4.78 is 4.88. The van der Waals surface area contributed by atoms with E-state index in [0.717, 1.165) is 5.56 Å². The lowest BCUT2D eigenvalue weighted by molar-refractivity contribution is -0.124. The van der Waals surface area contributed by atoms with Crippen LogP contribution >= 0.6 is 23.2 Å². The fourth-order valence-corrected chi connectivity index (χ4v) is 1.80. The first-order valence-corrected chi connectivity index (χ1v) is 7.10. The second-order valence-electron chi connectivity index (χ2n) is 4.35. The first-order valence-electron chi connectivity index (χ1n) is 6.34. The van der Waals surface area contributed by atoms with Crippen molar-refractivity contribution in [2.24, 2.45) is 0 Å². The Labute approximate surface area is 137 Å². The molecule has 2 aromatic rings. The van der Waals surface area contributed by atoms with E-state index in [9.17, 15) is 9.59 Å². The molecule has 0 fully saturated rings. The van der Waals surface area contributed by atoms with Crippen molar-refractivity contribution in [3.63, 3.8) is 0 Å². The summed E-state index contributed by atoms with van der Waals surface area (Å²) in [5.74, 6) is -1.03. The quantitative estimate of drug-likeness (QED) is 0.672. The number of benzene rings is 1. The monoisotopic (exact) mass is 338 g/mol. The molecule has 0 spiro atoms. The van der Waals surface area contributed by atoms with Crippen LogP contribution in [0.4, 0.5) is 0 Å². The minimum absolute atomic E-state index is 0.231. The Kier molecular flexibility index (Phi) is 5.75. The number of nitrogens with zero attached hydrogens (tertiary/aromatic N) is 1. The molecule has 0 saturated heterocycles. The van der Waals surface area contributed by atoms with Gasteiger partial charge in [0.25, 0.3) is 5.91 Å². The zero-order chi connectivity index (χ0) is 15.9. The smallest absolute Gasteiger partial charge is 0.340 e. The third-order valence-corrected chi connectivity index (χ3v) is 3.18. The molecule has 0 aliphatic carbocycles. The first kappa shape index (κ1) is 16.3. The molecule has 2 rings (SSSR count). The maximum Gasteiger partial charge on any atom is 0.340 e. The van der Waals surface area contributed by atoms with Gasteiger partial charge in [0.05, 0.1) is 5.56 Å². The predicted molar refractivity (Wildman–Crippen MR) is 82.8 cm³/mol. The number of hydrogen-bond donors (Lipinski definition) is 1. The third-order valence-electron chi connectivity index (χ3n) is 2.70. The van der Waals surface area contributed by atoms with Gasteiger partial charge < -0.3 is 10.1 Å². The van der Waals surface area contributed by atoms with Gasteiger partial charge in [-0.1, -0.05) is 35.3 Å². The number of nitrogens with one attached hydrogen (secondary N) is 1. The Hall–Kier alpha value is -2.11. The molecule has 1 N–H and O–H groups in total. The lowest BCUT2D eigenvalue weighted by Gasteiger charge is -2.07. The second kappa shape index (κ2) is 7.77. The molecule has 7 heteroatoms. The maximum atomic E-state index is 11.7. The first-order chi connectivity index (χ1) is 10.5. The van der Waals surface area contributed by atoms with Crippen LogP contribution in [0.5, 0.6) is 0 Å². The van der Waals surface area contributed by atoms with Gasteiger partial charge in [0.15, 0.2) is 6.61 Å². The SMILES string of the molecule is O=C(COC(=O)c1ccc(Cl)nc1)NCc1ccc(Cl)cc1. The van der Waals surface area contributed by atoms with Crippen molar-refractivity contribution >= 4 is 35.1 Å². The lowest BCUT2D eigenvalue weighted by atomic mass is 10.2. The summed E-state index contributed by atoms with van der Waals surface area (Å²) in [6, 6.07) is 10.0. The van der Waals surface area contributed by atoms with E-state index in [0.29, 0.717) is 11.6 Å². The van der Waals surface area contributed by atoms with Crippen LogP contribution in [-0.2, 0) is 16.1 Å². The van der Waals surface area contributed by atoms with Crippen LogP contribution in [0, 0.1) is 0 Å². The van der Waals surface area contributed by atoms with Crippen LogP contribution in [0.1, 0.15) is 15.9 Å². The summed E-state index contributed by atoms with van der Waals surface area (Å²) in [6.07, 6.45) is 1.29. The Bertz CT molecular complexity index is 657. The summed E-state index contributed by atoms with van der Waals surface area (Å²) >= 11 is 11.4. The van der Waals surface area contributed by atoms with E-state index in [4.69, 9.17) is 27.9 Å². The van der Waals surface area contributed by atoms with E-state index in [2.05, 4.69) is 10.3 Å². The normalized spacial score (nSPS) is 10.1. The van der Waals surface area contributed by atoms with Gasteiger partial charge >= 0.3 is 5.97 Å². The van der Waals surface area contributed by atoms with E-state index in [1.54, 1.807) is 24.3 Å². The molecule has 0 atom stereocenters. The number of ether oxygens (including phenoxy) is 1. The summed E-state index contributed by atoms with van der Waals surface area (Å²) in [4.78, 5) is 27.1. The molecule has 5 nitrogen and oxygen atoms in total. The van der Waals surface area contributed by atoms with Crippen molar-refractivity contribution in [1.82, 2.24) is 10.3 Å². The topological polar surface area (TPSA) is 68.3 Å². The summed E-state index contributed by atoms with van der Waals surface area (Å²) in [6.45, 7) is -0.0366. The average molecular weight is 339 g/mol. The molecule has 0 saturated carbocycles. The zero-order valence-electron chi connectivity index (χ0n) is 11.4. The Morgan fingerprint density at radius 1 is 1.09 bits per heavy atom. The van der Waals surface area contributed by atoms with E-state index in [1.165, 1.54) is 18.3 Å². The standard InChI is InChI=1S/C15H12Cl2N2O3/c16-12-4-1-10(2-5-12)7-19-14(20)9-22-15(21)11-3-6-13(17)18-8-11/h1-6,8H,7,9H2,(H,19,20). The zero-order valence-corrected chi connectivity index (χ0v) is 12.9. The molecule has 1 aromatic carbocycles. The fourth-order valence-electron chi connectivity index (χ4n) is 1.56. The Morgan fingerprint density at radius 2 is 1.82 bits per heavy atom. The molecule has 1 aromatic heterocycles. The van der Waals surface area contributed by atoms with Crippen molar-refractivity contribution in [3.8, 4) is 0 Å². The van der Waals surface area contributed by atoms with Crippen molar-refractivity contribution in [3.05, 3.63) is 63.9 Å². The van der Waals surface area contributed by atoms with E-state index in [-0.39, 0.29) is 17.3 Å². The minimum Gasteiger partial charge on any atom is -0.452 e. The highest BCUT2D eigenvalue weighted by Gasteiger charge is 2.10. The molecule has 114 valence electrons. The van der Waals surface area contributed by atoms with E-state index in [1.807, 2.05) is 0 Å². The largest absolute Gasteiger partial charge is 0.452 e. The van der Waals surface area contributed by atoms with Crippen LogP contribution in [0.25, 0.3) is 0 Å². The summed E-state index contributed by atoms with van der Waals surface area (Å²) in [5.41, 5.74) is 1.13. The van der Waals surface area contributed by atoms with E-state index < -0.39 is 11.9 Å².